The zero-order chi connectivity index (χ0) is 17.3. The number of nitrogens with zero attached hydrogens (tertiary/aromatic N) is 2. The number of carbonyl (C=O) groups is 1. The Kier molecular flexibility index (Phi) is 4.73. The van der Waals surface area contributed by atoms with Gasteiger partial charge in [-0.2, -0.15) is 5.26 Å². The molecule has 1 aromatic rings. The van der Waals surface area contributed by atoms with Crippen molar-refractivity contribution in [2.75, 3.05) is 18.0 Å². The van der Waals surface area contributed by atoms with Crippen molar-refractivity contribution in [3.05, 3.63) is 16.0 Å². The molecule has 1 aliphatic carbocycles. The first-order valence-electron chi connectivity index (χ1n) is 8.66. The number of amides is 1. The van der Waals surface area contributed by atoms with Gasteiger partial charge in [-0.1, -0.05) is 0 Å². The van der Waals surface area contributed by atoms with E-state index in [-0.39, 0.29) is 12.1 Å². The smallest absolute Gasteiger partial charge is 0.407 e. The third-order valence-corrected chi connectivity index (χ3v) is 5.81. The molecule has 130 valence electrons. The number of nitrogens with one attached hydrogen (secondary N) is 1. The number of fused-ring (bicyclic) bond motifs is 1. The summed E-state index contributed by atoms with van der Waals surface area (Å²) in [4.78, 5) is 15.6. The molecule has 6 heteroatoms. The molecule has 1 saturated heterocycles. The lowest BCUT2D eigenvalue weighted by molar-refractivity contribution is 0.0509. The standard InChI is InChI=1S/C18H25N3O2S/c1-18(2,3)23-17(22)20-12-8-9-21(11-12)16-14(10-19)13-6-4-5-7-15(13)24-16/h12H,4-9,11H2,1-3H3,(H,20,22)/t12-/m0/s1. The summed E-state index contributed by atoms with van der Waals surface area (Å²) in [5.41, 5.74) is 1.66. The summed E-state index contributed by atoms with van der Waals surface area (Å²) >= 11 is 1.77. The molecule has 1 atom stereocenters. The van der Waals surface area contributed by atoms with Crippen LogP contribution in [0.4, 0.5) is 9.80 Å². The second-order valence-electron chi connectivity index (χ2n) is 7.58. The molecule has 0 unspecified atom stereocenters. The average molecular weight is 347 g/mol. The summed E-state index contributed by atoms with van der Waals surface area (Å²) in [6, 6.07) is 2.50. The van der Waals surface area contributed by atoms with Crippen molar-refractivity contribution in [3.8, 4) is 6.07 Å². The molecule has 3 rings (SSSR count). The summed E-state index contributed by atoms with van der Waals surface area (Å²) in [5, 5.41) is 13.7. The van der Waals surface area contributed by atoms with Gasteiger partial charge in [-0.15, -0.1) is 11.3 Å². The molecule has 1 aliphatic heterocycles. The van der Waals surface area contributed by atoms with Crippen LogP contribution in [0.15, 0.2) is 0 Å². The monoisotopic (exact) mass is 347 g/mol. The minimum absolute atomic E-state index is 0.0746. The Balaban J connectivity index is 1.67. The second kappa shape index (κ2) is 6.64. The molecular weight excluding hydrogens is 322 g/mol. The van der Waals surface area contributed by atoms with Crippen molar-refractivity contribution >= 4 is 22.4 Å². The number of hydrogen-bond acceptors (Lipinski definition) is 5. The molecule has 24 heavy (non-hydrogen) atoms. The Morgan fingerprint density at radius 2 is 2.12 bits per heavy atom. The highest BCUT2D eigenvalue weighted by Gasteiger charge is 2.30. The van der Waals surface area contributed by atoms with Crippen LogP contribution >= 0.6 is 11.3 Å². The Morgan fingerprint density at radius 1 is 1.38 bits per heavy atom. The summed E-state index contributed by atoms with van der Waals surface area (Å²) in [6.07, 6.45) is 5.05. The van der Waals surface area contributed by atoms with Gasteiger partial charge < -0.3 is 15.0 Å². The zero-order valence-electron chi connectivity index (χ0n) is 14.6. The van der Waals surface area contributed by atoms with E-state index in [4.69, 9.17) is 4.74 Å². The molecule has 0 saturated carbocycles. The Morgan fingerprint density at radius 3 is 2.83 bits per heavy atom. The van der Waals surface area contributed by atoms with Gasteiger partial charge in [0.05, 0.1) is 11.6 Å². The normalized spacial score (nSPS) is 20.4. The van der Waals surface area contributed by atoms with Crippen LogP contribution in [0.1, 0.15) is 56.0 Å². The number of carbonyl (C=O) groups excluding carboxylic acids is 1. The van der Waals surface area contributed by atoms with Crippen molar-refractivity contribution in [3.63, 3.8) is 0 Å². The highest BCUT2D eigenvalue weighted by Crippen LogP contribution is 2.40. The van der Waals surface area contributed by atoms with E-state index in [0.717, 1.165) is 42.9 Å². The largest absolute Gasteiger partial charge is 0.444 e. The van der Waals surface area contributed by atoms with Gasteiger partial charge in [-0.05, 0) is 58.4 Å². The predicted octanol–water partition coefficient (Wildman–Crippen LogP) is 3.60. The maximum atomic E-state index is 11.9. The first kappa shape index (κ1) is 17.1. The van der Waals surface area contributed by atoms with Crippen molar-refractivity contribution in [1.29, 1.82) is 5.26 Å². The summed E-state index contributed by atoms with van der Waals surface area (Å²) in [6.45, 7) is 7.20. The Hall–Kier alpha value is -1.74. The van der Waals surface area contributed by atoms with Crippen LogP contribution in [0.25, 0.3) is 0 Å². The molecule has 0 spiro atoms. The first-order valence-corrected chi connectivity index (χ1v) is 9.48. The van der Waals surface area contributed by atoms with Crippen LogP contribution in [0.5, 0.6) is 0 Å². The SMILES string of the molecule is CC(C)(C)OC(=O)N[C@H]1CCN(c2sc3c(c2C#N)CCCC3)C1. The summed E-state index contributed by atoms with van der Waals surface area (Å²) in [5.74, 6) is 0. The minimum atomic E-state index is -0.483. The van der Waals surface area contributed by atoms with Crippen molar-refractivity contribution in [2.45, 2.75) is 64.5 Å². The predicted molar refractivity (Wildman–Crippen MR) is 95.7 cm³/mol. The molecule has 0 bridgehead atoms. The number of nitriles is 1. The van der Waals surface area contributed by atoms with Gasteiger partial charge in [0, 0.05) is 18.0 Å². The van der Waals surface area contributed by atoms with Gasteiger partial charge in [-0.25, -0.2) is 4.79 Å². The molecule has 1 fully saturated rings. The molecule has 0 radical (unpaired) electrons. The fourth-order valence-corrected chi connectivity index (χ4v) is 4.80. The molecule has 1 N–H and O–H groups in total. The molecule has 0 aromatic carbocycles. The first-order chi connectivity index (χ1) is 11.4. The van der Waals surface area contributed by atoms with Gasteiger partial charge >= 0.3 is 6.09 Å². The lowest BCUT2D eigenvalue weighted by Gasteiger charge is -2.22. The number of alkyl carbamates (subject to hydrolysis) is 1. The van der Waals surface area contributed by atoms with Crippen molar-refractivity contribution in [1.82, 2.24) is 5.32 Å². The quantitative estimate of drug-likeness (QED) is 0.888. The second-order valence-corrected chi connectivity index (χ2v) is 8.66. The number of rotatable bonds is 2. The number of thiophene rings is 1. The van der Waals surface area contributed by atoms with Crippen LogP contribution in [0.3, 0.4) is 0 Å². The number of ether oxygens (including phenoxy) is 1. The van der Waals surface area contributed by atoms with Crippen LogP contribution < -0.4 is 10.2 Å². The van der Waals surface area contributed by atoms with Gasteiger partial charge in [0.1, 0.15) is 16.7 Å². The fourth-order valence-electron chi connectivity index (χ4n) is 3.43. The maximum absolute atomic E-state index is 11.9. The molecular formula is C18H25N3O2S. The Bertz CT molecular complexity index is 669. The molecule has 2 aliphatic rings. The number of anilines is 1. The maximum Gasteiger partial charge on any atom is 0.407 e. The van der Waals surface area contributed by atoms with Gasteiger partial charge in [0.25, 0.3) is 0 Å². The zero-order valence-corrected chi connectivity index (χ0v) is 15.5. The van der Waals surface area contributed by atoms with E-state index < -0.39 is 5.60 Å². The fraction of sp³-hybridized carbons (Fsp3) is 0.667. The van der Waals surface area contributed by atoms with E-state index in [2.05, 4.69) is 16.3 Å². The highest BCUT2D eigenvalue weighted by atomic mass is 32.1. The lowest BCUT2D eigenvalue weighted by Crippen LogP contribution is -2.40. The third-order valence-electron chi connectivity index (χ3n) is 4.46. The lowest BCUT2D eigenvalue weighted by atomic mass is 9.96. The topological polar surface area (TPSA) is 65.4 Å². The average Bonchev–Trinajstić information content (AvgIpc) is 3.08. The van der Waals surface area contributed by atoms with E-state index in [9.17, 15) is 10.1 Å². The minimum Gasteiger partial charge on any atom is -0.444 e. The van der Waals surface area contributed by atoms with Crippen LogP contribution in [0.2, 0.25) is 0 Å². The van der Waals surface area contributed by atoms with E-state index in [0.29, 0.717) is 0 Å². The van der Waals surface area contributed by atoms with E-state index in [1.54, 1.807) is 11.3 Å². The summed E-state index contributed by atoms with van der Waals surface area (Å²) in [7, 11) is 0. The van der Waals surface area contributed by atoms with E-state index >= 15 is 0 Å². The van der Waals surface area contributed by atoms with Gasteiger partial charge in [0.2, 0.25) is 0 Å². The van der Waals surface area contributed by atoms with Gasteiger partial charge in [0.15, 0.2) is 0 Å². The highest BCUT2D eigenvalue weighted by molar-refractivity contribution is 7.16. The van der Waals surface area contributed by atoms with Crippen LogP contribution in [-0.2, 0) is 17.6 Å². The van der Waals surface area contributed by atoms with Crippen LogP contribution in [-0.4, -0.2) is 30.8 Å². The molecule has 1 aromatic heterocycles. The van der Waals surface area contributed by atoms with Gasteiger partial charge in [-0.3, -0.25) is 0 Å². The third kappa shape index (κ3) is 3.67. The van der Waals surface area contributed by atoms with E-state index in [1.165, 1.54) is 23.3 Å². The molecule has 2 heterocycles. The number of hydrogen-bond donors (Lipinski definition) is 1. The van der Waals surface area contributed by atoms with Crippen LogP contribution in [0, 0.1) is 11.3 Å². The van der Waals surface area contributed by atoms with E-state index in [1.807, 2.05) is 20.8 Å². The van der Waals surface area contributed by atoms with Crippen molar-refractivity contribution in [2.24, 2.45) is 0 Å². The summed E-state index contributed by atoms with van der Waals surface area (Å²) < 4.78 is 5.33. The molecule has 5 nitrogen and oxygen atoms in total. The Labute approximate surface area is 147 Å². The molecule has 1 amide bonds. The number of aryl methyl sites for hydroxylation is 1. The van der Waals surface area contributed by atoms with Crippen molar-refractivity contribution < 1.29 is 9.53 Å².